The molecule has 0 aromatic heterocycles. The Morgan fingerprint density at radius 1 is 0.548 bits per heavy atom. The third kappa shape index (κ3) is 12.1. The normalized spacial score (nSPS) is 22.6. The Balaban J connectivity index is 1.62. The first-order valence-electron chi connectivity index (χ1n) is 14.2. The molecule has 2 saturated heterocycles. The van der Waals surface area contributed by atoms with E-state index in [1.807, 2.05) is 0 Å². The molecule has 0 saturated carbocycles. The van der Waals surface area contributed by atoms with Crippen LogP contribution in [0.1, 0.15) is 142 Å². The molecular formula is C28H54O3. The van der Waals surface area contributed by atoms with E-state index in [4.69, 9.17) is 14.2 Å². The fourth-order valence-electron chi connectivity index (χ4n) is 4.96. The van der Waals surface area contributed by atoms with E-state index in [1.54, 1.807) is 0 Å². The van der Waals surface area contributed by atoms with Crippen LogP contribution >= 0.6 is 0 Å². The lowest BCUT2D eigenvalue weighted by atomic mass is 9.96. The zero-order chi connectivity index (χ0) is 22.0. The van der Waals surface area contributed by atoms with Crippen molar-refractivity contribution in [3.05, 3.63) is 0 Å². The minimum Gasteiger partial charge on any atom is -0.375 e. The summed E-state index contributed by atoms with van der Waals surface area (Å²) in [6.45, 7) is 6.42. The van der Waals surface area contributed by atoms with E-state index in [9.17, 15) is 0 Å². The zero-order valence-corrected chi connectivity index (χ0v) is 21.1. The maximum atomic E-state index is 6.73. The Morgan fingerprint density at radius 3 is 1.16 bits per heavy atom. The molecule has 0 radical (unpaired) electrons. The SMILES string of the molecule is CCCCCCCCCCC(OC(CCCCCCCCCC)C1CCO1)C1CCO1. The lowest BCUT2D eigenvalue weighted by Gasteiger charge is -2.40. The Labute approximate surface area is 194 Å². The van der Waals surface area contributed by atoms with Gasteiger partial charge in [0.05, 0.1) is 24.4 Å². The largest absolute Gasteiger partial charge is 0.375 e. The van der Waals surface area contributed by atoms with Crippen molar-refractivity contribution in [2.45, 2.75) is 167 Å². The van der Waals surface area contributed by atoms with Gasteiger partial charge in [0, 0.05) is 13.2 Å². The topological polar surface area (TPSA) is 27.7 Å². The van der Waals surface area contributed by atoms with Gasteiger partial charge in [0.25, 0.3) is 0 Å². The van der Waals surface area contributed by atoms with Gasteiger partial charge < -0.3 is 14.2 Å². The van der Waals surface area contributed by atoms with Gasteiger partial charge in [0.15, 0.2) is 0 Å². The molecule has 2 aliphatic rings. The lowest BCUT2D eigenvalue weighted by Crippen LogP contribution is -2.47. The van der Waals surface area contributed by atoms with Gasteiger partial charge >= 0.3 is 0 Å². The molecule has 2 rings (SSSR count). The lowest BCUT2D eigenvalue weighted by molar-refractivity contribution is -0.202. The number of ether oxygens (including phenoxy) is 3. The van der Waals surface area contributed by atoms with Gasteiger partial charge in [-0.05, 0) is 25.7 Å². The molecule has 0 bridgehead atoms. The molecule has 4 unspecified atom stereocenters. The maximum absolute atomic E-state index is 6.73. The Kier molecular flexibility index (Phi) is 16.0. The van der Waals surface area contributed by atoms with Crippen LogP contribution in [0.4, 0.5) is 0 Å². The molecule has 0 N–H and O–H groups in total. The van der Waals surface area contributed by atoms with Crippen LogP contribution in [0.2, 0.25) is 0 Å². The fourth-order valence-corrected chi connectivity index (χ4v) is 4.96. The average molecular weight is 439 g/mol. The first-order valence-corrected chi connectivity index (χ1v) is 14.2. The molecule has 2 fully saturated rings. The fraction of sp³-hybridized carbons (Fsp3) is 1.00. The van der Waals surface area contributed by atoms with E-state index in [0.29, 0.717) is 12.2 Å². The predicted octanol–water partition coefficient (Wildman–Crippen LogP) is 8.38. The number of unbranched alkanes of at least 4 members (excludes halogenated alkanes) is 14. The highest BCUT2D eigenvalue weighted by atomic mass is 16.6. The first kappa shape index (κ1) is 27.1. The van der Waals surface area contributed by atoms with Crippen LogP contribution in [0.15, 0.2) is 0 Å². The molecular weight excluding hydrogens is 384 g/mol. The second-order valence-electron chi connectivity index (χ2n) is 10.1. The standard InChI is InChI=1S/C28H54O3/c1-3-5-7-9-11-13-15-17-19-27(25-21-23-29-25)31-28(26-22-24-30-26)20-18-16-14-12-10-8-6-4-2/h25-28H,3-24H2,1-2H3. The van der Waals surface area contributed by atoms with Gasteiger partial charge in [0.1, 0.15) is 0 Å². The summed E-state index contributed by atoms with van der Waals surface area (Å²) in [6.07, 6.45) is 27.9. The molecule has 3 nitrogen and oxygen atoms in total. The van der Waals surface area contributed by atoms with Crippen molar-refractivity contribution in [2.75, 3.05) is 13.2 Å². The second-order valence-corrected chi connectivity index (χ2v) is 10.1. The molecule has 2 aliphatic heterocycles. The van der Waals surface area contributed by atoms with E-state index in [1.165, 1.54) is 128 Å². The summed E-state index contributed by atoms with van der Waals surface area (Å²) in [5.74, 6) is 0. The van der Waals surface area contributed by atoms with Crippen molar-refractivity contribution in [3.63, 3.8) is 0 Å². The summed E-state index contributed by atoms with van der Waals surface area (Å²) in [6, 6.07) is 0. The molecule has 0 spiro atoms. The van der Waals surface area contributed by atoms with Gasteiger partial charge in [-0.3, -0.25) is 0 Å². The first-order chi connectivity index (χ1) is 15.3. The molecule has 0 aliphatic carbocycles. The molecule has 2 heterocycles. The van der Waals surface area contributed by atoms with Gasteiger partial charge in [0.2, 0.25) is 0 Å². The third-order valence-electron chi connectivity index (χ3n) is 7.33. The van der Waals surface area contributed by atoms with Gasteiger partial charge in [-0.1, -0.05) is 117 Å². The summed E-state index contributed by atoms with van der Waals surface area (Å²) < 4.78 is 18.5. The summed E-state index contributed by atoms with van der Waals surface area (Å²) >= 11 is 0. The van der Waals surface area contributed by atoms with Crippen LogP contribution in [0.5, 0.6) is 0 Å². The molecule has 0 amide bonds. The van der Waals surface area contributed by atoms with E-state index in [2.05, 4.69) is 13.8 Å². The molecule has 0 aromatic rings. The van der Waals surface area contributed by atoms with E-state index < -0.39 is 0 Å². The van der Waals surface area contributed by atoms with Crippen LogP contribution in [0, 0.1) is 0 Å². The van der Waals surface area contributed by atoms with Crippen LogP contribution in [-0.4, -0.2) is 37.6 Å². The minimum atomic E-state index is 0.289. The van der Waals surface area contributed by atoms with Crippen molar-refractivity contribution < 1.29 is 14.2 Å². The van der Waals surface area contributed by atoms with Crippen molar-refractivity contribution in [1.29, 1.82) is 0 Å². The van der Waals surface area contributed by atoms with Crippen LogP contribution < -0.4 is 0 Å². The molecule has 31 heavy (non-hydrogen) atoms. The molecule has 0 aromatic carbocycles. The Morgan fingerprint density at radius 2 is 0.871 bits per heavy atom. The Hall–Kier alpha value is -0.120. The zero-order valence-electron chi connectivity index (χ0n) is 21.1. The summed E-state index contributed by atoms with van der Waals surface area (Å²) in [5, 5.41) is 0. The van der Waals surface area contributed by atoms with Gasteiger partial charge in [-0.25, -0.2) is 0 Å². The third-order valence-corrected chi connectivity index (χ3v) is 7.33. The van der Waals surface area contributed by atoms with E-state index in [0.717, 1.165) is 13.2 Å². The molecule has 184 valence electrons. The summed E-state index contributed by atoms with van der Waals surface area (Å²) in [4.78, 5) is 0. The Bertz CT molecular complexity index is 356. The van der Waals surface area contributed by atoms with Crippen LogP contribution in [-0.2, 0) is 14.2 Å². The monoisotopic (exact) mass is 438 g/mol. The second kappa shape index (κ2) is 18.3. The predicted molar refractivity (Wildman–Crippen MR) is 132 cm³/mol. The number of hydrogen-bond donors (Lipinski definition) is 0. The minimum absolute atomic E-state index is 0.289. The smallest absolute Gasteiger partial charge is 0.0858 e. The highest BCUT2D eigenvalue weighted by molar-refractivity contribution is 4.83. The van der Waals surface area contributed by atoms with Crippen molar-refractivity contribution in [1.82, 2.24) is 0 Å². The van der Waals surface area contributed by atoms with Crippen LogP contribution in [0.25, 0.3) is 0 Å². The quantitative estimate of drug-likeness (QED) is 0.159. The maximum Gasteiger partial charge on any atom is 0.0858 e. The van der Waals surface area contributed by atoms with Gasteiger partial charge in [-0.2, -0.15) is 0 Å². The summed E-state index contributed by atoms with van der Waals surface area (Å²) in [5.41, 5.74) is 0. The number of hydrogen-bond acceptors (Lipinski definition) is 3. The summed E-state index contributed by atoms with van der Waals surface area (Å²) in [7, 11) is 0. The highest BCUT2D eigenvalue weighted by Gasteiger charge is 2.35. The van der Waals surface area contributed by atoms with Crippen molar-refractivity contribution in [3.8, 4) is 0 Å². The van der Waals surface area contributed by atoms with Crippen molar-refractivity contribution >= 4 is 0 Å². The van der Waals surface area contributed by atoms with E-state index in [-0.39, 0.29) is 12.2 Å². The van der Waals surface area contributed by atoms with Crippen LogP contribution in [0.3, 0.4) is 0 Å². The average Bonchev–Trinajstić information content (AvgIpc) is 2.69. The van der Waals surface area contributed by atoms with Crippen molar-refractivity contribution in [2.24, 2.45) is 0 Å². The molecule has 4 atom stereocenters. The van der Waals surface area contributed by atoms with Gasteiger partial charge in [-0.15, -0.1) is 0 Å². The molecule has 3 heteroatoms. The van der Waals surface area contributed by atoms with E-state index >= 15 is 0 Å². The number of rotatable bonds is 22. The highest BCUT2D eigenvalue weighted by Crippen LogP contribution is 2.29.